The summed E-state index contributed by atoms with van der Waals surface area (Å²) in [6, 6.07) is 27.0. The van der Waals surface area contributed by atoms with Crippen molar-refractivity contribution in [2.45, 2.75) is 35.2 Å². The quantitative estimate of drug-likeness (QED) is 0.164. The number of halogens is 1. The van der Waals surface area contributed by atoms with Gasteiger partial charge in [0.15, 0.2) is 19.9 Å². The summed E-state index contributed by atoms with van der Waals surface area (Å²) in [5.41, 5.74) is 2.92. The van der Waals surface area contributed by atoms with Crippen LogP contribution in [0, 0.1) is 6.92 Å². The van der Waals surface area contributed by atoms with Crippen molar-refractivity contribution < 1.29 is 26.7 Å². The van der Waals surface area contributed by atoms with Crippen molar-refractivity contribution in [3.63, 3.8) is 0 Å². The zero-order chi connectivity index (χ0) is 38.0. The number of aromatic hydroxyl groups is 1. The van der Waals surface area contributed by atoms with Crippen molar-refractivity contribution in [2.24, 2.45) is 0 Å². The number of amides is 1. The minimum Gasteiger partial charge on any atom is -0.508 e. The Hall–Kier alpha value is -4.89. The number of sulfone groups is 2. The second kappa shape index (κ2) is 15.5. The Morgan fingerprint density at radius 1 is 0.778 bits per heavy atom. The van der Waals surface area contributed by atoms with Crippen LogP contribution < -0.4 is 10.2 Å². The fourth-order valence-corrected chi connectivity index (χ4v) is 10.3. The van der Waals surface area contributed by atoms with Crippen molar-refractivity contribution in [1.82, 2.24) is 20.2 Å². The lowest BCUT2D eigenvalue weighted by Crippen LogP contribution is -2.55. The molecule has 0 saturated carbocycles. The highest BCUT2D eigenvalue weighted by Crippen LogP contribution is 2.29. The van der Waals surface area contributed by atoms with Crippen LogP contribution in [0.3, 0.4) is 0 Å². The lowest BCUT2D eigenvalue weighted by atomic mass is 9.99. The summed E-state index contributed by atoms with van der Waals surface area (Å²) in [4.78, 5) is 26.8. The van der Waals surface area contributed by atoms with Gasteiger partial charge < -0.3 is 14.9 Å². The Balaban J connectivity index is 1.18. The number of benzene rings is 4. The van der Waals surface area contributed by atoms with Gasteiger partial charge in [0.25, 0.3) is 0 Å². The number of aromatic nitrogens is 2. The van der Waals surface area contributed by atoms with Crippen molar-refractivity contribution >= 4 is 68.7 Å². The number of hydrogen-bond acceptors (Lipinski definition) is 10. The molecular weight excluding hydrogens is 791 g/mol. The normalized spacial score (nSPS) is 14.4. The number of fused-ring (bicyclic) bond motifs is 2. The van der Waals surface area contributed by atoms with Gasteiger partial charge in [-0.1, -0.05) is 70.5 Å². The fraction of sp³-hybridized carbons (Fsp3) is 0.225. The van der Waals surface area contributed by atoms with Gasteiger partial charge >= 0.3 is 0 Å². The summed E-state index contributed by atoms with van der Waals surface area (Å²) in [5.74, 6) is -1.55. The van der Waals surface area contributed by atoms with Crippen molar-refractivity contribution in [1.29, 1.82) is 0 Å². The van der Waals surface area contributed by atoms with Crippen LogP contribution >= 0.6 is 15.9 Å². The van der Waals surface area contributed by atoms with Gasteiger partial charge in [0, 0.05) is 59.5 Å². The number of hydrogen-bond donors (Lipinski definition) is 2. The Labute approximate surface area is 322 Å². The summed E-state index contributed by atoms with van der Waals surface area (Å²) in [6.45, 7) is 3.97. The van der Waals surface area contributed by atoms with Crippen LogP contribution in [0.1, 0.15) is 16.7 Å². The molecule has 0 spiro atoms. The van der Waals surface area contributed by atoms with Crippen LogP contribution in [-0.4, -0.2) is 80.8 Å². The zero-order valence-electron chi connectivity index (χ0n) is 29.4. The number of pyridine rings is 2. The minimum atomic E-state index is -4.04. The topological polar surface area (TPSA) is 150 Å². The van der Waals surface area contributed by atoms with Gasteiger partial charge in [0.2, 0.25) is 15.7 Å². The molecule has 0 bridgehead atoms. The van der Waals surface area contributed by atoms with Gasteiger partial charge in [-0.15, -0.1) is 0 Å². The Morgan fingerprint density at radius 2 is 1.39 bits per heavy atom. The molecule has 2 N–H and O–H groups in total. The summed E-state index contributed by atoms with van der Waals surface area (Å²) >= 11 is 3.52. The smallest absolute Gasteiger partial charge is 0.240 e. The molecule has 6 aromatic rings. The predicted octanol–water partition coefficient (Wildman–Crippen LogP) is 5.81. The summed E-state index contributed by atoms with van der Waals surface area (Å²) in [7, 11) is -8.08. The number of nitrogens with one attached hydrogen (secondary N) is 1. The largest absolute Gasteiger partial charge is 0.508 e. The second-order valence-corrected chi connectivity index (χ2v) is 18.1. The molecule has 278 valence electrons. The zero-order valence-corrected chi connectivity index (χ0v) is 32.6. The number of phenols is 1. The van der Waals surface area contributed by atoms with Gasteiger partial charge in [0.1, 0.15) is 11.6 Å². The number of anilines is 1. The van der Waals surface area contributed by atoms with Crippen LogP contribution in [-0.2, 0) is 36.6 Å². The molecule has 14 heteroatoms. The highest BCUT2D eigenvalue weighted by Gasteiger charge is 2.32. The number of piperazine rings is 1. The molecule has 1 amide bonds. The summed E-state index contributed by atoms with van der Waals surface area (Å²) in [6.07, 6.45) is 2.84. The number of phenolic OH excluding ortho intramolecular Hbond substituents is 1. The number of rotatable bonds is 11. The Kier molecular flexibility index (Phi) is 10.7. The molecule has 4 aromatic carbocycles. The lowest BCUT2D eigenvalue weighted by molar-refractivity contribution is -0.133. The highest BCUT2D eigenvalue weighted by molar-refractivity contribution is 9.10. The molecular formula is C40H38BrN5O6S2. The van der Waals surface area contributed by atoms with E-state index < -0.39 is 37.3 Å². The molecule has 3 heterocycles. The van der Waals surface area contributed by atoms with Crippen molar-refractivity contribution in [3.8, 4) is 5.75 Å². The molecule has 1 unspecified atom stereocenters. The molecule has 1 aliphatic heterocycles. The van der Waals surface area contributed by atoms with E-state index in [0.29, 0.717) is 53.3 Å². The maximum absolute atomic E-state index is 14.4. The van der Waals surface area contributed by atoms with Gasteiger partial charge in [0.05, 0.1) is 11.8 Å². The maximum atomic E-state index is 14.4. The second-order valence-electron chi connectivity index (χ2n) is 13.3. The average Bonchev–Trinajstić information content (AvgIpc) is 3.16. The van der Waals surface area contributed by atoms with E-state index in [1.165, 1.54) is 24.5 Å². The Morgan fingerprint density at radius 3 is 2.02 bits per heavy atom. The standard InChI is InChI=1S/C40H38BrN5O6S2/c1-27-22-32(41)11-13-37(27)45-18-20-46(21-19-45)40(48)36(44-26-54(51,52)39-35-9-5-3-7-29(35)15-17-43-39)24-30-10-12-33(47)23-31(30)25-53(49,50)38-34-8-4-2-6-28(34)14-16-42-38/h2-17,22-23,36,44,47H,18-21,24-26H2,1H3. The SMILES string of the molecule is Cc1cc(Br)ccc1N1CCN(C(=O)C(Cc2ccc(O)cc2CS(=O)(=O)c2nccc3ccccc23)NCS(=O)(=O)c2nccc3ccccc23)CC1. The molecule has 1 saturated heterocycles. The average molecular weight is 829 g/mol. The lowest BCUT2D eigenvalue weighted by Gasteiger charge is -2.38. The third-order valence-corrected chi connectivity index (χ3v) is 13.3. The number of carbonyl (C=O) groups excluding carboxylic acids is 1. The van der Waals surface area contributed by atoms with E-state index in [-0.39, 0.29) is 33.7 Å². The van der Waals surface area contributed by atoms with Crippen LogP contribution in [0.2, 0.25) is 0 Å². The first-order valence-corrected chi connectivity index (χ1v) is 21.5. The van der Waals surface area contributed by atoms with E-state index >= 15 is 0 Å². The third kappa shape index (κ3) is 7.97. The van der Waals surface area contributed by atoms with Crippen molar-refractivity contribution in [2.75, 3.05) is 37.0 Å². The molecule has 1 atom stereocenters. The number of carbonyl (C=O) groups is 1. The first-order valence-electron chi connectivity index (χ1n) is 17.4. The van der Waals surface area contributed by atoms with E-state index in [2.05, 4.69) is 36.1 Å². The van der Waals surface area contributed by atoms with E-state index in [0.717, 1.165) is 15.7 Å². The van der Waals surface area contributed by atoms with Gasteiger partial charge in [-0.2, -0.15) is 0 Å². The van der Waals surface area contributed by atoms with Crippen molar-refractivity contribution in [3.05, 3.63) is 131 Å². The minimum absolute atomic E-state index is 0.0442. The molecule has 1 fully saturated rings. The number of aryl methyl sites for hydroxylation is 1. The predicted molar refractivity (Wildman–Crippen MR) is 213 cm³/mol. The molecule has 11 nitrogen and oxygen atoms in total. The van der Waals surface area contributed by atoms with Gasteiger partial charge in [-0.3, -0.25) is 10.1 Å². The summed E-state index contributed by atoms with van der Waals surface area (Å²) in [5, 5.41) is 15.7. The first-order chi connectivity index (χ1) is 25.9. The Bertz CT molecular complexity index is 2590. The monoisotopic (exact) mass is 827 g/mol. The van der Waals surface area contributed by atoms with E-state index in [9.17, 15) is 26.7 Å². The third-order valence-electron chi connectivity index (χ3n) is 9.73. The maximum Gasteiger partial charge on any atom is 0.240 e. The molecule has 54 heavy (non-hydrogen) atoms. The van der Waals surface area contributed by atoms with E-state index in [4.69, 9.17) is 0 Å². The first kappa shape index (κ1) is 37.4. The highest BCUT2D eigenvalue weighted by atomic mass is 79.9. The summed E-state index contributed by atoms with van der Waals surface area (Å²) < 4.78 is 56.5. The van der Waals surface area contributed by atoms with E-state index in [1.54, 1.807) is 59.5 Å². The molecule has 0 radical (unpaired) electrons. The molecule has 7 rings (SSSR count). The molecule has 0 aliphatic carbocycles. The van der Waals surface area contributed by atoms with Crippen LogP contribution in [0.5, 0.6) is 5.75 Å². The van der Waals surface area contributed by atoms with Crippen LogP contribution in [0.25, 0.3) is 21.5 Å². The molecule has 1 aliphatic rings. The van der Waals surface area contributed by atoms with Crippen LogP contribution in [0.15, 0.2) is 124 Å². The van der Waals surface area contributed by atoms with Crippen LogP contribution in [0.4, 0.5) is 5.69 Å². The fourth-order valence-electron chi connectivity index (χ4n) is 7.01. The van der Waals surface area contributed by atoms with E-state index in [1.807, 2.05) is 37.3 Å². The number of nitrogens with zero attached hydrogens (tertiary/aromatic N) is 4. The molecule has 2 aromatic heterocycles. The van der Waals surface area contributed by atoms with Gasteiger partial charge in [-0.05, 0) is 83.3 Å². The van der Waals surface area contributed by atoms with Gasteiger partial charge in [-0.25, -0.2) is 26.8 Å².